The van der Waals surface area contributed by atoms with Gasteiger partial charge in [-0.1, -0.05) is 6.92 Å². The fraction of sp³-hybridized carbons (Fsp3) is 0.500. The first-order chi connectivity index (χ1) is 13.1. The van der Waals surface area contributed by atoms with Gasteiger partial charge in [-0.3, -0.25) is 0 Å². The minimum Gasteiger partial charge on any atom is -0.493 e. The normalized spacial score (nSPS) is 14.5. The number of nitrogens with zero attached hydrogens (tertiary/aromatic N) is 3. The van der Waals surface area contributed by atoms with E-state index in [0.717, 1.165) is 48.9 Å². The van der Waals surface area contributed by atoms with Gasteiger partial charge in [0.25, 0.3) is 0 Å². The molecule has 1 aromatic carbocycles. The first-order valence-electron chi connectivity index (χ1n) is 9.32. The van der Waals surface area contributed by atoms with Gasteiger partial charge in [0.05, 0.1) is 20.8 Å². The number of aryl methyl sites for hydroxylation is 1. The van der Waals surface area contributed by atoms with Crippen LogP contribution in [0.2, 0.25) is 0 Å². The van der Waals surface area contributed by atoms with E-state index in [2.05, 4.69) is 39.2 Å². The molecular weight excluding hydrogens is 344 g/mol. The van der Waals surface area contributed by atoms with E-state index in [9.17, 15) is 5.11 Å². The number of nitrogens with one attached hydrogen (secondary N) is 1. The Kier molecular flexibility index (Phi) is 6.01. The first kappa shape index (κ1) is 19.2. The molecule has 2 N–H and O–H groups in total. The van der Waals surface area contributed by atoms with E-state index in [0.29, 0.717) is 5.95 Å². The molecule has 1 atom stereocenters. The van der Waals surface area contributed by atoms with Gasteiger partial charge in [-0.15, -0.1) is 0 Å². The summed E-state index contributed by atoms with van der Waals surface area (Å²) in [5, 5.41) is 12.5. The lowest BCUT2D eigenvalue weighted by Crippen LogP contribution is -2.32. The second-order valence-corrected chi connectivity index (χ2v) is 6.77. The molecule has 0 amide bonds. The van der Waals surface area contributed by atoms with Gasteiger partial charge in [-0.05, 0) is 43.0 Å². The van der Waals surface area contributed by atoms with Crippen LogP contribution in [-0.2, 0) is 19.4 Å². The van der Waals surface area contributed by atoms with Gasteiger partial charge in [-0.2, -0.15) is 4.98 Å². The quantitative estimate of drug-likeness (QED) is 0.772. The predicted octanol–water partition coefficient (Wildman–Crippen LogP) is 2.41. The maximum absolute atomic E-state index is 9.29. The van der Waals surface area contributed by atoms with Crippen LogP contribution < -0.4 is 19.7 Å². The number of aliphatic hydroxyl groups is 1. The first-order valence-corrected chi connectivity index (χ1v) is 9.32. The zero-order valence-corrected chi connectivity index (χ0v) is 16.5. The summed E-state index contributed by atoms with van der Waals surface area (Å²) >= 11 is 0. The average Bonchev–Trinajstić information content (AvgIpc) is 2.71. The van der Waals surface area contributed by atoms with E-state index in [4.69, 9.17) is 9.47 Å². The van der Waals surface area contributed by atoms with E-state index < -0.39 is 0 Å². The highest BCUT2D eigenvalue weighted by atomic mass is 16.5. The number of rotatable bonds is 7. The number of ether oxygens (including phenoxy) is 2. The van der Waals surface area contributed by atoms with Crippen LogP contribution in [0.5, 0.6) is 11.5 Å². The number of fused-ring (bicyclic) bond motifs is 1. The Bertz CT molecular complexity index is 797. The standard InChI is InChI=1S/C20H28N4O3/c1-5-16-10-19(23-20(22-16)21-13(2)12-25)24-7-6-14-8-17(26-3)18(27-4)9-15(14)11-24/h8-10,13,25H,5-7,11-12H2,1-4H3,(H,21,22,23)/t13-/m1/s1. The topological polar surface area (TPSA) is 79.7 Å². The minimum atomic E-state index is -0.0937. The highest BCUT2D eigenvalue weighted by Gasteiger charge is 2.21. The summed E-state index contributed by atoms with van der Waals surface area (Å²) in [6, 6.07) is 6.07. The van der Waals surface area contributed by atoms with Crippen LogP contribution in [0.4, 0.5) is 11.8 Å². The third-order valence-corrected chi connectivity index (χ3v) is 4.82. The molecule has 0 bridgehead atoms. The van der Waals surface area contributed by atoms with Gasteiger partial charge in [0.2, 0.25) is 5.95 Å². The molecule has 0 saturated heterocycles. The maximum Gasteiger partial charge on any atom is 0.225 e. The van der Waals surface area contributed by atoms with Crippen molar-refractivity contribution in [1.29, 1.82) is 0 Å². The van der Waals surface area contributed by atoms with Crippen molar-refractivity contribution in [2.24, 2.45) is 0 Å². The summed E-state index contributed by atoms with van der Waals surface area (Å²) < 4.78 is 10.9. The summed E-state index contributed by atoms with van der Waals surface area (Å²) in [5.41, 5.74) is 3.47. The molecule has 0 saturated carbocycles. The molecule has 3 rings (SSSR count). The van der Waals surface area contributed by atoms with Crippen LogP contribution in [0.25, 0.3) is 0 Å². The molecule has 0 radical (unpaired) electrons. The summed E-state index contributed by atoms with van der Waals surface area (Å²) in [6.07, 6.45) is 1.74. The van der Waals surface area contributed by atoms with Gasteiger partial charge in [0, 0.05) is 30.9 Å². The molecule has 0 fully saturated rings. The molecule has 1 aliphatic rings. The fourth-order valence-electron chi connectivity index (χ4n) is 3.24. The van der Waals surface area contributed by atoms with Gasteiger partial charge < -0.3 is 24.8 Å². The molecule has 7 nitrogen and oxygen atoms in total. The van der Waals surface area contributed by atoms with Gasteiger partial charge in [0.15, 0.2) is 11.5 Å². The summed E-state index contributed by atoms with van der Waals surface area (Å²) in [7, 11) is 3.32. The van der Waals surface area contributed by atoms with Crippen LogP contribution in [0.1, 0.15) is 30.7 Å². The number of aromatic nitrogens is 2. The Morgan fingerprint density at radius 1 is 1.15 bits per heavy atom. The van der Waals surface area contributed by atoms with Gasteiger partial charge >= 0.3 is 0 Å². The molecule has 0 aliphatic carbocycles. The smallest absolute Gasteiger partial charge is 0.225 e. The summed E-state index contributed by atoms with van der Waals surface area (Å²) in [4.78, 5) is 11.5. The van der Waals surface area contributed by atoms with E-state index in [1.54, 1.807) is 14.2 Å². The number of benzene rings is 1. The van der Waals surface area contributed by atoms with Crippen LogP contribution in [0, 0.1) is 0 Å². The monoisotopic (exact) mass is 372 g/mol. The molecule has 7 heteroatoms. The third kappa shape index (κ3) is 4.24. The number of aliphatic hydroxyl groups excluding tert-OH is 1. The second-order valence-electron chi connectivity index (χ2n) is 6.77. The largest absolute Gasteiger partial charge is 0.493 e. The van der Waals surface area contributed by atoms with Gasteiger partial charge in [0.1, 0.15) is 5.82 Å². The van der Waals surface area contributed by atoms with Crippen molar-refractivity contribution in [3.63, 3.8) is 0 Å². The van der Waals surface area contributed by atoms with Crippen LogP contribution >= 0.6 is 0 Å². The maximum atomic E-state index is 9.29. The Labute approximate surface area is 160 Å². The molecular formula is C20H28N4O3. The minimum absolute atomic E-state index is 0.0355. The fourth-order valence-corrected chi connectivity index (χ4v) is 3.24. The SMILES string of the molecule is CCc1cc(N2CCc3cc(OC)c(OC)cc3C2)nc(N[C@H](C)CO)n1. The Balaban J connectivity index is 1.89. The summed E-state index contributed by atoms with van der Waals surface area (Å²) in [5.74, 6) is 2.97. The van der Waals surface area contributed by atoms with Crippen LogP contribution in [0.15, 0.2) is 18.2 Å². The molecule has 2 heterocycles. The lowest BCUT2D eigenvalue weighted by molar-refractivity contribution is 0.281. The average molecular weight is 372 g/mol. The zero-order valence-electron chi connectivity index (χ0n) is 16.5. The Morgan fingerprint density at radius 2 is 1.85 bits per heavy atom. The predicted molar refractivity (Wildman–Crippen MR) is 106 cm³/mol. The van der Waals surface area contributed by atoms with Crippen molar-refractivity contribution < 1.29 is 14.6 Å². The zero-order chi connectivity index (χ0) is 19.4. The lowest BCUT2D eigenvalue weighted by atomic mass is 9.98. The van der Waals surface area contributed by atoms with Crippen molar-refractivity contribution in [3.05, 3.63) is 35.0 Å². The molecule has 0 spiro atoms. The number of methoxy groups -OCH3 is 2. The number of anilines is 2. The molecule has 27 heavy (non-hydrogen) atoms. The Morgan fingerprint density at radius 3 is 2.48 bits per heavy atom. The van der Waals surface area contributed by atoms with Gasteiger partial charge in [-0.25, -0.2) is 4.98 Å². The number of hydrogen-bond acceptors (Lipinski definition) is 7. The molecule has 1 aliphatic heterocycles. The van der Waals surface area contributed by atoms with Crippen molar-refractivity contribution in [2.75, 3.05) is 37.6 Å². The highest BCUT2D eigenvalue weighted by molar-refractivity contribution is 5.53. The van der Waals surface area contributed by atoms with Crippen molar-refractivity contribution >= 4 is 11.8 Å². The molecule has 0 unspecified atom stereocenters. The second kappa shape index (κ2) is 8.43. The lowest BCUT2D eigenvalue weighted by Gasteiger charge is -2.31. The molecule has 2 aromatic rings. The Hall–Kier alpha value is -2.54. The van der Waals surface area contributed by atoms with E-state index in [1.165, 1.54) is 11.1 Å². The van der Waals surface area contributed by atoms with Crippen molar-refractivity contribution in [3.8, 4) is 11.5 Å². The van der Waals surface area contributed by atoms with E-state index in [1.807, 2.05) is 13.0 Å². The van der Waals surface area contributed by atoms with Crippen LogP contribution in [-0.4, -0.2) is 48.5 Å². The highest BCUT2D eigenvalue weighted by Crippen LogP contribution is 2.34. The number of hydrogen-bond donors (Lipinski definition) is 2. The molecule has 1 aromatic heterocycles. The molecule has 146 valence electrons. The van der Waals surface area contributed by atoms with Crippen LogP contribution in [0.3, 0.4) is 0 Å². The van der Waals surface area contributed by atoms with E-state index in [-0.39, 0.29) is 12.6 Å². The van der Waals surface area contributed by atoms with E-state index >= 15 is 0 Å². The van der Waals surface area contributed by atoms with Crippen molar-refractivity contribution in [2.45, 2.75) is 39.3 Å². The van der Waals surface area contributed by atoms with Crippen molar-refractivity contribution in [1.82, 2.24) is 9.97 Å². The third-order valence-electron chi connectivity index (χ3n) is 4.82. The summed E-state index contributed by atoms with van der Waals surface area (Å²) in [6.45, 7) is 5.64.